The smallest absolute Gasteiger partial charge is 0.407 e. The molecule has 0 saturated heterocycles. The average molecular weight is 240 g/mol. The monoisotopic (exact) mass is 240 g/mol. The highest BCUT2D eigenvalue weighted by Gasteiger charge is 2.19. The second kappa shape index (κ2) is 5.70. The predicted octanol–water partition coefficient (Wildman–Crippen LogP) is 2.52. The maximum Gasteiger partial charge on any atom is 0.407 e. The number of hydrogen-bond donors (Lipinski definition) is 1. The van der Waals surface area contributed by atoms with Gasteiger partial charge in [0.25, 0.3) is 0 Å². The molecule has 1 rings (SSSR count). The molecule has 0 radical (unpaired) electrons. The van der Waals surface area contributed by atoms with E-state index in [0.29, 0.717) is 12.3 Å². The van der Waals surface area contributed by atoms with E-state index in [0.717, 1.165) is 6.42 Å². The normalized spacial score (nSPS) is 13.2. The van der Waals surface area contributed by atoms with E-state index in [2.05, 4.69) is 10.3 Å². The van der Waals surface area contributed by atoms with Crippen LogP contribution >= 0.6 is 0 Å². The van der Waals surface area contributed by atoms with Gasteiger partial charge < -0.3 is 14.5 Å². The Bertz CT molecular complexity index is 341. The molecular weight excluding hydrogens is 220 g/mol. The van der Waals surface area contributed by atoms with Gasteiger partial charge >= 0.3 is 6.09 Å². The molecule has 0 aliphatic carbocycles. The first kappa shape index (κ1) is 13.5. The van der Waals surface area contributed by atoms with E-state index in [1.54, 1.807) is 6.20 Å². The van der Waals surface area contributed by atoms with Crippen molar-refractivity contribution in [2.75, 3.05) is 0 Å². The van der Waals surface area contributed by atoms with Crippen LogP contribution in [0.3, 0.4) is 0 Å². The SMILES string of the molecule is CC[C@@H](Cc1ncco1)NC(=O)OC(C)(C)C. The molecule has 0 saturated carbocycles. The molecular formula is C12H20N2O3. The van der Waals surface area contributed by atoms with Gasteiger partial charge in [0.05, 0.1) is 6.20 Å². The zero-order valence-electron chi connectivity index (χ0n) is 10.8. The molecule has 5 nitrogen and oxygen atoms in total. The van der Waals surface area contributed by atoms with Crippen LogP contribution in [0.25, 0.3) is 0 Å². The maximum absolute atomic E-state index is 11.6. The molecule has 0 aliphatic rings. The molecule has 1 N–H and O–H groups in total. The number of nitrogens with one attached hydrogen (secondary N) is 1. The van der Waals surface area contributed by atoms with E-state index in [-0.39, 0.29) is 6.04 Å². The van der Waals surface area contributed by atoms with Crippen molar-refractivity contribution in [3.8, 4) is 0 Å². The summed E-state index contributed by atoms with van der Waals surface area (Å²) in [6, 6.07) is -0.0245. The number of rotatable bonds is 4. The Morgan fingerprint density at radius 2 is 2.29 bits per heavy atom. The molecule has 17 heavy (non-hydrogen) atoms. The molecule has 0 unspecified atom stereocenters. The molecule has 1 amide bonds. The molecule has 0 bridgehead atoms. The third-order valence-corrected chi connectivity index (χ3v) is 2.12. The van der Waals surface area contributed by atoms with Crippen molar-refractivity contribution in [1.82, 2.24) is 10.3 Å². The van der Waals surface area contributed by atoms with Crippen LogP contribution in [0.5, 0.6) is 0 Å². The highest BCUT2D eigenvalue weighted by Crippen LogP contribution is 2.08. The van der Waals surface area contributed by atoms with Gasteiger partial charge in [-0.1, -0.05) is 6.92 Å². The lowest BCUT2D eigenvalue weighted by Crippen LogP contribution is -2.39. The zero-order valence-corrected chi connectivity index (χ0v) is 10.8. The summed E-state index contributed by atoms with van der Waals surface area (Å²) in [6.07, 6.45) is 4.08. The van der Waals surface area contributed by atoms with Gasteiger partial charge in [-0.15, -0.1) is 0 Å². The first-order valence-electron chi connectivity index (χ1n) is 5.78. The number of aromatic nitrogens is 1. The highest BCUT2D eigenvalue weighted by molar-refractivity contribution is 5.68. The number of oxazole rings is 1. The minimum absolute atomic E-state index is 0.0245. The lowest BCUT2D eigenvalue weighted by Gasteiger charge is -2.22. The van der Waals surface area contributed by atoms with Gasteiger partial charge in [-0.05, 0) is 27.2 Å². The minimum atomic E-state index is -0.481. The Morgan fingerprint density at radius 1 is 1.59 bits per heavy atom. The van der Waals surface area contributed by atoms with Gasteiger partial charge in [0.2, 0.25) is 0 Å². The standard InChI is InChI=1S/C12H20N2O3/c1-5-9(8-10-13-6-7-16-10)14-11(15)17-12(2,3)4/h6-7,9H,5,8H2,1-4H3,(H,14,15)/t9-/m0/s1. The largest absolute Gasteiger partial charge is 0.449 e. The number of alkyl carbamates (subject to hydrolysis) is 1. The average Bonchev–Trinajstić information content (AvgIpc) is 2.66. The summed E-state index contributed by atoms with van der Waals surface area (Å²) in [7, 11) is 0. The van der Waals surface area contributed by atoms with Crippen LogP contribution in [0, 0.1) is 0 Å². The van der Waals surface area contributed by atoms with Crippen molar-refractivity contribution in [3.63, 3.8) is 0 Å². The fourth-order valence-corrected chi connectivity index (χ4v) is 1.34. The summed E-state index contributed by atoms with van der Waals surface area (Å²) < 4.78 is 10.3. The summed E-state index contributed by atoms with van der Waals surface area (Å²) in [5.74, 6) is 0.618. The van der Waals surface area contributed by atoms with E-state index in [9.17, 15) is 4.79 Å². The quantitative estimate of drug-likeness (QED) is 0.878. The minimum Gasteiger partial charge on any atom is -0.449 e. The Labute approximate surface area is 102 Å². The van der Waals surface area contributed by atoms with E-state index in [1.807, 2.05) is 27.7 Å². The Morgan fingerprint density at radius 3 is 2.76 bits per heavy atom. The lowest BCUT2D eigenvalue weighted by atomic mass is 10.1. The summed E-state index contributed by atoms with van der Waals surface area (Å²) in [6.45, 7) is 7.50. The highest BCUT2D eigenvalue weighted by atomic mass is 16.6. The van der Waals surface area contributed by atoms with Crippen LogP contribution in [-0.2, 0) is 11.2 Å². The van der Waals surface area contributed by atoms with E-state index >= 15 is 0 Å². The molecule has 1 aromatic rings. The van der Waals surface area contributed by atoms with E-state index < -0.39 is 11.7 Å². The fourth-order valence-electron chi connectivity index (χ4n) is 1.34. The van der Waals surface area contributed by atoms with Crippen LogP contribution in [0.4, 0.5) is 4.79 Å². The summed E-state index contributed by atoms with van der Waals surface area (Å²) in [5.41, 5.74) is -0.481. The van der Waals surface area contributed by atoms with Crippen molar-refractivity contribution in [2.24, 2.45) is 0 Å². The number of nitrogens with zero attached hydrogens (tertiary/aromatic N) is 1. The molecule has 96 valence electrons. The topological polar surface area (TPSA) is 64.4 Å². The second-order valence-electron chi connectivity index (χ2n) is 4.88. The third-order valence-electron chi connectivity index (χ3n) is 2.12. The molecule has 1 atom stereocenters. The van der Waals surface area contributed by atoms with Gasteiger partial charge in [-0.2, -0.15) is 0 Å². The van der Waals surface area contributed by atoms with Crippen LogP contribution < -0.4 is 5.32 Å². The molecule has 0 fully saturated rings. The lowest BCUT2D eigenvalue weighted by molar-refractivity contribution is 0.0501. The van der Waals surface area contributed by atoms with Gasteiger partial charge in [0.15, 0.2) is 5.89 Å². The first-order valence-corrected chi connectivity index (χ1v) is 5.78. The number of ether oxygens (including phenoxy) is 1. The third kappa shape index (κ3) is 5.38. The number of carbonyl (C=O) groups excluding carboxylic acids is 1. The maximum atomic E-state index is 11.6. The molecule has 0 aliphatic heterocycles. The molecule has 5 heteroatoms. The van der Waals surface area contributed by atoms with Crippen molar-refractivity contribution in [2.45, 2.75) is 52.2 Å². The van der Waals surface area contributed by atoms with Crippen LogP contribution in [-0.4, -0.2) is 22.7 Å². The van der Waals surface area contributed by atoms with Gasteiger partial charge in [0, 0.05) is 12.5 Å². The molecule has 0 aromatic carbocycles. The summed E-state index contributed by atoms with van der Waals surface area (Å²) in [5, 5.41) is 2.80. The van der Waals surface area contributed by atoms with Crippen molar-refractivity contribution >= 4 is 6.09 Å². The molecule has 1 aromatic heterocycles. The molecule has 0 spiro atoms. The predicted molar refractivity (Wildman–Crippen MR) is 63.7 cm³/mol. The van der Waals surface area contributed by atoms with Crippen molar-refractivity contribution in [3.05, 3.63) is 18.4 Å². The second-order valence-corrected chi connectivity index (χ2v) is 4.88. The van der Waals surface area contributed by atoms with E-state index in [4.69, 9.17) is 9.15 Å². The number of amides is 1. The Hall–Kier alpha value is -1.52. The van der Waals surface area contributed by atoms with Crippen LogP contribution in [0.2, 0.25) is 0 Å². The fraction of sp³-hybridized carbons (Fsp3) is 0.667. The van der Waals surface area contributed by atoms with Gasteiger partial charge in [-0.25, -0.2) is 9.78 Å². The van der Waals surface area contributed by atoms with Crippen molar-refractivity contribution in [1.29, 1.82) is 0 Å². The number of carbonyl (C=O) groups is 1. The molecule has 1 heterocycles. The van der Waals surface area contributed by atoms with Crippen molar-refractivity contribution < 1.29 is 13.9 Å². The Kier molecular flexibility index (Phi) is 4.54. The zero-order chi connectivity index (χ0) is 12.9. The number of hydrogen-bond acceptors (Lipinski definition) is 4. The van der Waals surface area contributed by atoms with Crippen LogP contribution in [0.15, 0.2) is 16.9 Å². The van der Waals surface area contributed by atoms with Gasteiger partial charge in [0.1, 0.15) is 11.9 Å². The van der Waals surface area contributed by atoms with E-state index in [1.165, 1.54) is 6.26 Å². The summed E-state index contributed by atoms with van der Waals surface area (Å²) in [4.78, 5) is 15.6. The Balaban J connectivity index is 2.44. The van der Waals surface area contributed by atoms with Gasteiger partial charge in [-0.3, -0.25) is 0 Å². The summed E-state index contributed by atoms with van der Waals surface area (Å²) >= 11 is 0. The van der Waals surface area contributed by atoms with Crippen LogP contribution in [0.1, 0.15) is 40.0 Å². The first-order chi connectivity index (χ1) is 7.90.